The third kappa shape index (κ3) is 9.69. The van der Waals surface area contributed by atoms with Crippen molar-refractivity contribution >= 4 is 25.0 Å². The number of aromatic nitrogens is 1. The quantitative estimate of drug-likeness (QED) is 0.171. The van der Waals surface area contributed by atoms with Gasteiger partial charge in [0, 0.05) is 36.0 Å². The lowest BCUT2D eigenvalue weighted by atomic mass is 9.86. The zero-order chi connectivity index (χ0) is 30.2. The van der Waals surface area contributed by atoms with E-state index >= 15 is 0 Å². The van der Waals surface area contributed by atoms with Gasteiger partial charge in [0.25, 0.3) is 0 Å². The lowest BCUT2D eigenvalue weighted by molar-refractivity contribution is -0.153. The van der Waals surface area contributed by atoms with E-state index in [4.69, 9.17) is 27.3 Å². The average molecular weight is 620 g/mol. The molecule has 4 rings (SSSR count). The molecule has 2 aliphatic rings. The lowest BCUT2D eigenvalue weighted by Gasteiger charge is -2.47. The van der Waals surface area contributed by atoms with Crippen LogP contribution >= 0.6 is 0 Å². The van der Waals surface area contributed by atoms with Crippen molar-refractivity contribution in [2.24, 2.45) is 11.8 Å². The summed E-state index contributed by atoms with van der Waals surface area (Å²) < 4.78 is 39.0. The normalized spacial score (nSPS) is 28.9. The van der Waals surface area contributed by atoms with Crippen LogP contribution in [-0.2, 0) is 29.2 Å². The van der Waals surface area contributed by atoms with Crippen LogP contribution in [0.15, 0.2) is 40.9 Å². The molecule has 0 aliphatic carbocycles. The second-order valence-corrected chi connectivity index (χ2v) is 28.3. The highest BCUT2D eigenvalue weighted by Gasteiger charge is 2.51. The molecule has 3 heterocycles. The molecule has 7 nitrogen and oxygen atoms in total. The Morgan fingerprint density at radius 2 is 1.49 bits per heavy atom. The van der Waals surface area contributed by atoms with Gasteiger partial charge in [-0.25, -0.2) is 0 Å². The Morgan fingerprint density at radius 3 is 2.10 bits per heavy atom. The van der Waals surface area contributed by atoms with E-state index in [0.717, 1.165) is 23.4 Å². The summed E-state index contributed by atoms with van der Waals surface area (Å²) in [5.74, 6) is 1.35. The Kier molecular flexibility index (Phi) is 10.3. The van der Waals surface area contributed by atoms with E-state index in [9.17, 15) is 0 Å². The molecule has 0 radical (unpaired) electrons. The average Bonchev–Trinajstić information content (AvgIpc) is 3.45. The highest BCUT2D eigenvalue weighted by Crippen LogP contribution is 2.41. The fourth-order valence-corrected chi connectivity index (χ4v) is 9.38. The number of hydrogen-bond donors (Lipinski definition) is 0. The Morgan fingerprint density at radius 1 is 0.854 bits per heavy atom. The number of benzene rings is 1. The van der Waals surface area contributed by atoms with Crippen molar-refractivity contribution in [1.82, 2.24) is 5.16 Å². The minimum absolute atomic E-state index is 0.0560. The van der Waals surface area contributed by atoms with Crippen LogP contribution in [0.3, 0.4) is 0 Å². The summed E-state index contributed by atoms with van der Waals surface area (Å²) in [6.07, 6.45) is 1.69. The maximum Gasteiger partial charge on any atom is 0.184 e. The van der Waals surface area contributed by atoms with Crippen LogP contribution in [0.1, 0.15) is 26.0 Å². The zero-order valence-corrected chi connectivity index (χ0v) is 30.1. The third-order valence-corrected chi connectivity index (χ3v) is 10.7. The van der Waals surface area contributed by atoms with Crippen molar-refractivity contribution in [1.29, 1.82) is 0 Å². The number of ether oxygens (including phenoxy) is 2. The fraction of sp³-hybridized carbons (Fsp3) is 0.710. The Bertz CT molecular complexity index is 1110. The number of rotatable bonds is 13. The maximum atomic E-state index is 6.97. The molecule has 0 spiro atoms. The molecule has 2 fully saturated rings. The van der Waals surface area contributed by atoms with Crippen LogP contribution in [-0.4, -0.2) is 73.3 Å². The minimum atomic E-state index is -1.93. The maximum absolute atomic E-state index is 6.97. The van der Waals surface area contributed by atoms with Gasteiger partial charge in [0.1, 0.15) is 11.5 Å². The van der Waals surface area contributed by atoms with Crippen molar-refractivity contribution in [3.8, 4) is 11.3 Å². The van der Waals surface area contributed by atoms with E-state index in [0.29, 0.717) is 18.9 Å². The topological polar surface area (TPSA) is 75.5 Å². The van der Waals surface area contributed by atoms with E-state index in [1.807, 2.05) is 36.4 Å². The summed E-state index contributed by atoms with van der Waals surface area (Å²) in [7, 11) is -5.43. The summed E-state index contributed by atoms with van der Waals surface area (Å²) in [5, 5.41) is 4.34. The third-order valence-electron chi connectivity index (χ3n) is 7.64. The van der Waals surface area contributed by atoms with Gasteiger partial charge in [0.05, 0.1) is 37.1 Å². The molecule has 2 aliphatic heterocycles. The molecule has 8 atom stereocenters. The Hall–Kier alpha value is -1.12. The van der Waals surface area contributed by atoms with E-state index in [1.165, 1.54) is 0 Å². The molecule has 2 aromatic rings. The summed E-state index contributed by atoms with van der Waals surface area (Å²) in [4.78, 5) is 0. The molecule has 2 saturated heterocycles. The molecular weight excluding hydrogens is 567 g/mol. The highest BCUT2D eigenvalue weighted by atomic mass is 28.4. The first-order valence-electron chi connectivity index (χ1n) is 15.3. The summed E-state index contributed by atoms with van der Waals surface area (Å²) >= 11 is 0. The summed E-state index contributed by atoms with van der Waals surface area (Å²) in [6, 6.07) is 12.1. The first-order valence-corrected chi connectivity index (χ1v) is 25.5. The summed E-state index contributed by atoms with van der Waals surface area (Å²) in [5.41, 5.74) is 1.88. The molecule has 0 saturated carbocycles. The minimum Gasteiger partial charge on any atom is -0.415 e. The van der Waals surface area contributed by atoms with E-state index < -0.39 is 25.0 Å². The first kappa shape index (κ1) is 32.8. The molecular formula is C31H53NO6Si3. The predicted molar refractivity (Wildman–Crippen MR) is 172 cm³/mol. The predicted octanol–water partition coefficient (Wildman–Crippen LogP) is 7.37. The van der Waals surface area contributed by atoms with Crippen molar-refractivity contribution in [3.05, 3.63) is 42.2 Å². The smallest absolute Gasteiger partial charge is 0.184 e. The monoisotopic (exact) mass is 619 g/mol. The first-order chi connectivity index (χ1) is 19.0. The zero-order valence-electron chi connectivity index (χ0n) is 27.1. The lowest BCUT2D eigenvalue weighted by Crippen LogP contribution is -2.58. The Balaban J connectivity index is 1.50. The van der Waals surface area contributed by atoms with Crippen LogP contribution < -0.4 is 0 Å². The van der Waals surface area contributed by atoms with Crippen molar-refractivity contribution < 1.29 is 27.3 Å². The Labute approximate surface area is 251 Å². The van der Waals surface area contributed by atoms with Gasteiger partial charge in [-0.3, -0.25) is 0 Å². The fourth-order valence-electron chi connectivity index (χ4n) is 5.81. The van der Waals surface area contributed by atoms with Crippen LogP contribution in [0.5, 0.6) is 0 Å². The number of epoxide rings is 1. The van der Waals surface area contributed by atoms with Gasteiger partial charge in [0.2, 0.25) is 0 Å². The molecule has 0 bridgehead atoms. The van der Waals surface area contributed by atoms with Crippen LogP contribution in [0, 0.1) is 11.8 Å². The van der Waals surface area contributed by atoms with E-state index in [2.05, 4.69) is 77.9 Å². The number of hydrogen-bond acceptors (Lipinski definition) is 7. The molecule has 1 aromatic heterocycles. The van der Waals surface area contributed by atoms with Gasteiger partial charge in [-0.15, -0.1) is 0 Å². The standard InChI is InChI=1S/C31H53NO6Si3/c1-21(22(2)36-39(3,4)5)29-28(34-29)17-24-20-33-27(31(38-41(9,10)11)30(24)37-40(6,7)8)19-25-18-26(32-35-25)23-15-13-12-14-16-23/h12-16,18,21-22,24,27-31H,17,19-20H2,1-11H3/t21-,22-,24-,27-,28-,29-,30+,31-/m0/s1. The van der Waals surface area contributed by atoms with Gasteiger partial charge in [-0.05, 0) is 72.3 Å². The number of nitrogens with zero attached hydrogens (tertiary/aromatic N) is 1. The van der Waals surface area contributed by atoms with Crippen LogP contribution in [0.25, 0.3) is 11.3 Å². The molecule has 41 heavy (non-hydrogen) atoms. The molecule has 0 N–H and O–H groups in total. The van der Waals surface area contributed by atoms with Crippen molar-refractivity contribution in [3.63, 3.8) is 0 Å². The van der Waals surface area contributed by atoms with Crippen LogP contribution in [0.4, 0.5) is 0 Å². The molecule has 0 amide bonds. The van der Waals surface area contributed by atoms with E-state index in [-0.39, 0.29) is 42.5 Å². The van der Waals surface area contributed by atoms with E-state index in [1.54, 1.807) is 0 Å². The molecule has 230 valence electrons. The second kappa shape index (κ2) is 12.9. The highest BCUT2D eigenvalue weighted by molar-refractivity contribution is 6.70. The van der Waals surface area contributed by atoms with Gasteiger partial charge in [-0.1, -0.05) is 42.4 Å². The van der Waals surface area contributed by atoms with Gasteiger partial charge in [0.15, 0.2) is 25.0 Å². The van der Waals surface area contributed by atoms with Gasteiger partial charge < -0.3 is 27.3 Å². The largest absolute Gasteiger partial charge is 0.415 e. The molecule has 1 aromatic carbocycles. The second-order valence-electron chi connectivity index (χ2n) is 14.9. The SMILES string of the molecule is C[C@H]([C@@H]1O[C@H]1C[C@H]1CO[C@@H](Cc2cc(-c3ccccc3)no2)[C@H](O[Si](C)(C)C)[C@@H]1O[Si](C)(C)C)[C@H](C)O[Si](C)(C)C. The van der Waals surface area contributed by atoms with Crippen molar-refractivity contribution in [2.45, 2.75) is 122 Å². The van der Waals surface area contributed by atoms with Crippen molar-refractivity contribution in [2.75, 3.05) is 6.61 Å². The molecule has 10 heteroatoms. The summed E-state index contributed by atoms with van der Waals surface area (Å²) in [6.45, 7) is 25.3. The molecule has 0 unspecified atom stereocenters. The van der Waals surface area contributed by atoms with Gasteiger partial charge >= 0.3 is 0 Å². The van der Waals surface area contributed by atoms with Gasteiger partial charge in [-0.2, -0.15) is 0 Å². The van der Waals surface area contributed by atoms with Crippen LogP contribution in [0.2, 0.25) is 58.9 Å².